The number of carbonyl (C=O) groups excluding carboxylic acids is 2. The maximum atomic E-state index is 11.7. The summed E-state index contributed by atoms with van der Waals surface area (Å²) in [6, 6.07) is 9.18. The van der Waals surface area contributed by atoms with Crippen molar-refractivity contribution >= 4 is 34.8 Å². The predicted molar refractivity (Wildman–Crippen MR) is 89.2 cm³/mol. The van der Waals surface area contributed by atoms with Crippen LogP contribution in [-0.2, 0) is 11.3 Å². The van der Waals surface area contributed by atoms with Crippen molar-refractivity contribution in [1.29, 1.82) is 0 Å². The molecule has 22 heavy (non-hydrogen) atoms. The molecule has 2 amide bonds. The highest BCUT2D eigenvalue weighted by atomic mass is 35.5. The molecule has 0 aliphatic heterocycles. The van der Waals surface area contributed by atoms with Crippen LogP contribution in [0.4, 0.5) is 0 Å². The molecule has 0 fully saturated rings. The second-order valence-electron chi connectivity index (χ2n) is 4.74. The number of benzene rings is 1. The summed E-state index contributed by atoms with van der Waals surface area (Å²) in [7, 11) is 0. The zero-order valence-corrected chi connectivity index (χ0v) is 13.5. The van der Waals surface area contributed by atoms with Crippen LogP contribution in [0.2, 0.25) is 5.02 Å². The Balaban J connectivity index is 1.62. The van der Waals surface area contributed by atoms with Crippen LogP contribution in [0.15, 0.2) is 41.1 Å². The SMILES string of the molecule is O=C(CCCNC(=O)c1ccsc1)NCc1ccccc1Cl. The fourth-order valence-electron chi connectivity index (χ4n) is 1.87. The van der Waals surface area contributed by atoms with Crippen LogP contribution in [0.5, 0.6) is 0 Å². The molecule has 0 atom stereocenters. The van der Waals surface area contributed by atoms with Crippen molar-refractivity contribution in [2.45, 2.75) is 19.4 Å². The molecule has 6 heteroatoms. The first-order chi connectivity index (χ1) is 10.7. The summed E-state index contributed by atoms with van der Waals surface area (Å²) < 4.78 is 0. The minimum Gasteiger partial charge on any atom is -0.352 e. The molecule has 1 aromatic carbocycles. The summed E-state index contributed by atoms with van der Waals surface area (Å²) in [6.07, 6.45) is 0.971. The fraction of sp³-hybridized carbons (Fsp3) is 0.250. The van der Waals surface area contributed by atoms with E-state index in [2.05, 4.69) is 10.6 Å². The first-order valence-corrected chi connectivity index (χ1v) is 8.29. The number of hydrogen-bond acceptors (Lipinski definition) is 3. The van der Waals surface area contributed by atoms with Gasteiger partial charge in [0.25, 0.3) is 5.91 Å². The molecule has 0 saturated heterocycles. The summed E-state index contributed by atoms with van der Waals surface area (Å²) in [6.45, 7) is 0.897. The third-order valence-electron chi connectivity index (χ3n) is 3.08. The number of nitrogens with one attached hydrogen (secondary N) is 2. The van der Waals surface area contributed by atoms with Gasteiger partial charge in [-0.1, -0.05) is 29.8 Å². The van der Waals surface area contributed by atoms with Gasteiger partial charge in [-0.25, -0.2) is 0 Å². The van der Waals surface area contributed by atoms with Crippen molar-refractivity contribution in [2.75, 3.05) is 6.54 Å². The maximum Gasteiger partial charge on any atom is 0.252 e. The van der Waals surface area contributed by atoms with Crippen LogP contribution in [0.3, 0.4) is 0 Å². The Morgan fingerprint density at radius 1 is 1.14 bits per heavy atom. The van der Waals surface area contributed by atoms with E-state index in [0.717, 1.165) is 5.56 Å². The Labute approximate surface area is 138 Å². The van der Waals surface area contributed by atoms with Gasteiger partial charge in [-0.15, -0.1) is 0 Å². The second-order valence-corrected chi connectivity index (χ2v) is 5.93. The van der Waals surface area contributed by atoms with Crippen LogP contribution in [0.1, 0.15) is 28.8 Å². The van der Waals surface area contributed by atoms with Crippen molar-refractivity contribution in [3.05, 3.63) is 57.2 Å². The second kappa shape index (κ2) is 8.56. The van der Waals surface area contributed by atoms with Crippen LogP contribution in [-0.4, -0.2) is 18.4 Å². The van der Waals surface area contributed by atoms with E-state index in [1.54, 1.807) is 17.5 Å². The third-order valence-corrected chi connectivity index (χ3v) is 4.14. The van der Waals surface area contributed by atoms with E-state index in [4.69, 9.17) is 11.6 Å². The van der Waals surface area contributed by atoms with Crippen molar-refractivity contribution in [3.8, 4) is 0 Å². The van der Waals surface area contributed by atoms with Crippen LogP contribution in [0, 0.1) is 0 Å². The van der Waals surface area contributed by atoms with Gasteiger partial charge in [0.1, 0.15) is 0 Å². The third kappa shape index (κ3) is 5.16. The summed E-state index contributed by atoms with van der Waals surface area (Å²) in [5.41, 5.74) is 1.55. The molecule has 2 aromatic rings. The Morgan fingerprint density at radius 2 is 1.95 bits per heavy atom. The van der Waals surface area contributed by atoms with Crippen molar-refractivity contribution in [2.24, 2.45) is 0 Å². The van der Waals surface area contributed by atoms with E-state index in [1.807, 2.05) is 23.6 Å². The minimum atomic E-state index is -0.0993. The number of amides is 2. The predicted octanol–water partition coefficient (Wildman–Crippen LogP) is 3.23. The van der Waals surface area contributed by atoms with E-state index in [-0.39, 0.29) is 11.8 Å². The van der Waals surface area contributed by atoms with Gasteiger partial charge in [0.05, 0.1) is 0 Å². The Hall–Kier alpha value is -1.85. The van der Waals surface area contributed by atoms with Crippen molar-refractivity contribution in [1.82, 2.24) is 10.6 Å². The molecule has 2 rings (SSSR count). The Morgan fingerprint density at radius 3 is 2.68 bits per heavy atom. The van der Waals surface area contributed by atoms with Crippen LogP contribution < -0.4 is 10.6 Å². The smallest absolute Gasteiger partial charge is 0.252 e. The highest BCUT2D eigenvalue weighted by Crippen LogP contribution is 2.14. The average Bonchev–Trinajstić information content (AvgIpc) is 3.05. The molecule has 0 spiro atoms. The number of thiophene rings is 1. The number of rotatable bonds is 7. The lowest BCUT2D eigenvalue weighted by atomic mass is 10.2. The monoisotopic (exact) mass is 336 g/mol. The fourth-order valence-corrected chi connectivity index (χ4v) is 2.71. The van der Waals surface area contributed by atoms with Gasteiger partial charge in [-0.3, -0.25) is 9.59 Å². The van der Waals surface area contributed by atoms with E-state index in [9.17, 15) is 9.59 Å². The number of hydrogen-bond donors (Lipinski definition) is 2. The largest absolute Gasteiger partial charge is 0.352 e. The van der Waals surface area contributed by atoms with Gasteiger partial charge in [0.2, 0.25) is 5.91 Å². The molecule has 1 aromatic heterocycles. The van der Waals surface area contributed by atoms with Gasteiger partial charge in [-0.2, -0.15) is 11.3 Å². The molecule has 0 aliphatic carbocycles. The molecule has 2 N–H and O–H groups in total. The molecular weight excluding hydrogens is 320 g/mol. The lowest BCUT2D eigenvalue weighted by molar-refractivity contribution is -0.121. The zero-order valence-electron chi connectivity index (χ0n) is 12.0. The van der Waals surface area contributed by atoms with Gasteiger partial charge < -0.3 is 10.6 Å². The van der Waals surface area contributed by atoms with Gasteiger partial charge in [0, 0.05) is 35.5 Å². The first-order valence-electron chi connectivity index (χ1n) is 6.97. The lowest BCUT2D eigenvalue weighted by Crippen LogP contribution is -2.27. The molecule has 0 aliphatic rings. The van der Waals surface area contributed by atoms with Crippen molar-refractivity contribution in [3.63, 3.8) is 0 Å². The van der Waals surface area contributed by atoms with E-state index >= 15 is 0 Å². The summed E-state index contributed by atoms with van der Waals surface area (Å²) >= 11 is 7.50. The first kappa shape index (κ1) is 16.5. The zero-order chi connectivity index (χ0) is 15.8. The highest BCUT2D eigenvalue weighted by Gasteiger charge is 2.06. The molecule has 0 bridgehead atoms. The summed E-state index contributed by atoms with van der Waals surface area (Å²) in [5.74, 6) is -0.151. The lowest BCUT2D eigenvalue weighted by Gasteiger charge is -2.07. The highest BCUT2D eigenvalue weighted by molar-refractivity contribution is 7.08. The molecule has 1 heterocycles. The van der Waals surface area contributed by atoms with Crippen LogP contribution >= 0.6 is 22.9 Å². The quantitative estimate of drug-likeness (QED) is 0.763. The standard InChI is InChI=1S/C16H17ClN2O2S/c17-14-5-2-1-4-12(14)10-19-15(20)6-3-8-18-16(21)13-7-9-22-11-13/h1-2,4-5,7,9,11H,3,6,8,10H2,(H,18,21)(H,19,20). The molecule has 0 saturated carbocycles. The molecule has 0 radical (unpaired) electrons. The van der Waals surface area contributed by atoms with Gasteiger partial charge >= 0.3 is 0 Å². The molecule has 116 valence electrons. The molecular formula is C16H17ClN2O2S. The van der Waals surface area contributed by atoms with Crippen LogP contribution in [0.25, 0.3) is 0 Å². The minimum absolute atomic E-state index is 0.0512. The van der Waals surface area contributed by atoms with E-state index in [1.165, 1.54) is 11.3 Å². The molecule has 4 nitrogen and oxygen atoms in total. The number of carbonyl (C=O) groups is 2. The maximum absolute atomic E-state index is 11.7. The molecule has 0 unspecified atom stereocenters. The van der Waals surface area contributed by atoms with Gasteiger partial charge in [0.15, 0.2) is 0 Å². The Kier molecular flexibility index (Phi) is 6.43. The summed E-state index contributed by atoms with van der Waals surface area (Å²) in [5, 5.41) is 9.91. The van der Waals surface area contributed by atoms with E-state index < -0.39 is 0 Å². The normalized spacial score (nSPS) is 10.2. The summed E-state index contributed by atoms with van der Waals surface area (Å²) in [4.78, 5) is 23.4. The topological polar surface area (TPSA) is 58.2 Å². The average molecular weight is 337 g/mol. The van der Waals surface area contributed by atoms with Crippen molar-refractivity contribution < 1.29 is 9.59 Å². The van der Waals surface area contributed by atoms with E-state index in [0.29, 0.717) is 36.5 Å². The Bertz CT molecular complexity index is 629. The number of halogens is 1. The van der Waals surface area contributed by atoms with Gasteiger partial charge in [-0.05, 0) is 29.5 Å².